The Morgan fingerprint density at radius 2 is 1.61 bits per heavy atom. The fraction of sp³-hybridized carbons (Fsp3) is 0.892. The Kier molecular flexibility index (Phi) is 9.68. The summed E-state index contributed by atoms with van der Waals surface area (Å²) in [5, 5.41) is 52.0. The van der Waals surface area contributed by atoms with Crippen LogP contribution in [0.1, 0.15) is 113 Å². The van der Waals surface area contributed by atoms with E-state index in [1.54, 1.807) is 11.1 Å². The van der Waals surface area contributed by atoms with Gasteiger partial charge in [-0.25, -0.2) is 0 Å². The smallest absolute Gasteiger partial charge is 0.186 e. The highest BCUT2D eigenvalue weighted by molar-refractivity contribution is 5.39. The molecule has 0 radical (unpaired) electrons. The van der Waals surface area contributed by atoms with E-state index in [1.807, 2.05) is 0 Å². The van der Waals surface area contributed by atoms with Crippen molar-refractivity contribution in [3.05, 3.63) is 23.3 Å². The highest BCUT2D eigenvalue weighted by atomic mass is 16.7. The van der Waals surface area contributed by atoms with Crippen molar-refractivity contribution in [2.45, 2.75) is 149 Å². The summed E-state index contributed by atoms with van der Waals surface area (Å²) in [4.78, 5) is 0. The van der Waals surface area contributed by atoms with Crippen molar-refractivity contribution < 1.29 is 35.0 Å². The zero-order valence-electron chi connectivity index (χ0n) is 28.5. The number of ether oxygens (including phenoxy) is 2. The maximum absolute atomic E-state index is 11.0. The van der Waals surface area contributed by atoms with Gasteiger partial charge in [-0.1, -0.05) is 71.8 Å². The molecule has 3 fully saturated rings. The van der Waals surface area contributed by atoms with E-state index in [0.29, 0.717) is 18.3 Å². The monoisotopic (exact) mass is 618 g/mol. The molecule has 0 aromatic rings. The third-order valence-corrected chi connectivity index (χ3v) is 14.5. The van der Waals surface area contributed by atoms with Crippen LogP contribution >= 0.6 is 0 Å². The van der Waals surface area contributed by atoms with E-state index in [2.05, 4.69) is 55.0 Å². The second kappa shape index (κ2) is 12.3. The third-order valence-electron chi connectivity index (χ3n) is 14.5. The van der Waals surface area contributed by atoms with Gasteiger partial charge in [0.15, 0.2) is 6.29 Å². The van der Waals surface area contributed by atoms with Crippen LogP contribution in [0.25, 0.3) is 0 Å². The topological polar surface area (TPSA) is 120 Å². The van der Waals surface area contributed by atoms with Gasteiger partial charge in [0.05, 0.1) is 19.3 Å². The zero-order chi connectivity index (χ0) is 32.4. The van der Waals surface area contributed by atoms with Crippen LogP contribution in [-0.2, 0) is 9.47 Å². The molecular weight excluding hydrogens is 556 g/mol. The highest BCUT2D eigenvalue weighted by Gasteiger charge is 2.64. The molecule has 4 aliphatic carbocycles. The lowest BCUT2D eigenvalue weighted by molar-refractivity contribution is -0.328. The second-order valence-corrected chi connectivity index (χ2v) is 16.7. The lowest BCUT2D eigenvalue weighted by Gasteiger charge is -2.63. The van der Waals surface area contributed by atoms with E-state index in [0.717, 1.165) is 38.0 Å². The minimum absolute atomic E-state index is 0.0383. The Balaban J connectivity index is 1.38. The third kappa shape index (κ3) is 5.20. The number of fused-ring (bicyclic) bond motifs is 4. The fourth-order valence-electron chi connectivity index (χ4n) is 11.1. The fourth-order valence-corrected chi connectivity index (χ4v) is 11.1. The predicted molar refractivity (Wildman–Crippen MR) is 171 cm³/mol. The molecule has 5 N–H and O–H groups in total. The maximum atomic E-state index is 11.0. The second-order valence-electron chi connectivity index (χ2n) is 16.7. The summed E-state index contributed by atoms with van der Waals surface area (Å²) in [5.74, 6) is 2.15. The van der Waals surface area contributed by atoms with Crippen LogP contribution < -0.4 is 0 Å². The van der Waals surface area contributed by atoms with Crippen LogP contribution in [-0.4, -0.2) is 75.6 Å². The first-order chi connectivity index (χ1) is 20.6. The molecule has 0 aromatic carbocycles. The molecule has 0 bridgehead atoms. The van der Waals surface area contributed by atoms with Crippen molar-refractivity contribution in [3.8, 4) is 0 Å². The molecule has 252 valence electrons. The average Bonchev–Trinajstić information content (AvgIpc) is 3.28. The van der Waals surface area contributed by atoms with E-state index in [1.165, 1.54) is 31.3 Å². The van der Waals surface area contributed by atoms with Gasteiger partial charge in [-0.2, -0.15) is 0 Å². The van der Waals surface area contributed by atoms with E-state index >= 15 is 0 Å². The molecule has 0 aromatic heterocycles. The standard InChI is InChI=1S/C37H62O7/c1-21(2)22(3)9-10-23(4)24-13-17-37(8)26-11-12-28-34(5,25(26)14-18-36(24,37)7)16-15-29(35(28,6)20-39)44-33-32(42)31(41)30(40)27(19-38)43-33/h21,23-24,27-33,38-42H,3,9-20H2,1-2,4-8H3. The van der Waals surface area contributed by atoms with Crippen molar-refractivity contribution in [2.24, 2.45) is 45.3 Å². The van der Waals surface area contributed by atoms with Crippen LogP contribution in [0.3, 0.4) is 0 Å². The summed E-state index contributed by atoms with van der Waals surface area (Å²) < 4.78 is 12.1. The lowest BCUT2D eigenvalue weighted by Crippen LogP contribution is -2.62. The number of hydrogen-bond acceptors (Lipinski definition) is 7. The molecule has 1 aliphatic heterocycles. The first-order valence-electron chi connectivity index (χ1n) is 17.6. The quantitative estimate of drug-likeness (QED) is 0.216. The normalized spacial score (nSPS) is 48.1. The summed E-state index contributed by atoms with van der Waals surface area (Å²) in [7, 11) is 0. The van der Waals surface area contributed by atoms with Crippen molar-refractivity contribution in [1.82, 2.24) is 0 Å². The van der Waals surface area contributed by atoms with Gasteiger partial charge in [-0.3, -0.25) is 0 Å². The Morgan fingerprint density at radius 1 is 0.909 bits per heavy atom. The van der Waals surface area contributed by atoms with Crippen molar-refractivity contribution in [2.75, 3.05) is 13.2 Å². The van der Waals surface area contributed by atoms with E-state index in [4.69, 9.17) is 9.47 Å². The first kappa shape index (κ1) is 34.5. The molecule has 7 heteroatoms. The highest BCUT2D eigenvalue weighted by Crippen LogP contribution is 2.72. The van der Waals surface area contributed by atoms with Gasteiger partial charge in [0.2, 0.25) is 0 Å². The average molecular weight is 619 g/mol. The van der Waals surface area contributed by atoms with Crippen LogP contribution in [0.15, 0.2) is 23.3 Å². The largest absolute Gasteiger partial charge is 0.396 e. The minimum atomic E-state index is -1.48. The number of allylic oxidation sites excluding steroid dienone is 3. The lowest BCUT2D eigenvalue weighted by atomic mass is 9.43. The molecule has 44 heavy (non-hydrogen) atoms. The Hall–Kier alpha value is -0.800. The van der Waals surface area contributed by atoms with Crippen LogP contribution in [0.5, 0.6) is 0 Å². The molecule has 5 aliphatic rings. The van der Waals surface area contributed by atoms with Gasteiger partial charge >= 0.3 is 0 Å². The minimum Gasteiger partial charge on any atom is -0.396 e. The van der Waals surface area contributed by atoms with Gasteiger partial charge in [0.25, 0.3) is 0 Å². The van der Waals surface area contributed by atoms with Crippen LogP contribution in [0.4, 0.5) is 0 Å². The first-order valence-corrected chi connectivity index (χ1v) is 17.6. The summed E-state index contributed by atoms with van der Waals surface area (Å²) in [6.45, 7) is 20.5. The van der Waals surface area contributed by atoms with Gasteiger partial charge in [-0.15, -0.1) is 0 Å². The zero-order valence-corrected chi connectivity index (χ0v) is 28.5. The van der Waals surface area contributed by atoms with Crippen molar-refractivity contribution in [1.29, 1.82) is 0 Å². The Labute approximate surface area is 266 Å². The van der Waals surface area contributed by atoms with E-state index in [9.17, 15) is 25.5 Å². The number of aliphatic hydroxyl groups is 5. The SMILES string of the molecule is C=C(CCC(C)C1CCC2(C)C3=C(CCC12C)C1(C)CCC(OC2OC(CO)C(O)C(O)C2O)C(C)(CO)C1CC3)C(C)C. The number of aliphatic hydroxyl groups excluding tert-OH is 5. The molecule has 5 rings (SSSR count). The molecule has 0 spiro atoms. The van der Waals surface area contributed by atoms with Gasteiger partial charge in [-0.05, 0) is 104 Å². The van der Waals surface area contributed by atoms with Gasteiger partial charge in [0.1, 0.15) is 24.4 Å². The molecule has 0 amide bonds. The number of rotatable bonds is 9. The summed E-state index contributed by atoms with van der Waals surface area (Å²) in [5.41, 5.74) is 4.60. The van der Waals surface area contributed by atoms with Crippen molar-refractivity contribution >= 4 is 0 Å². The molecule has 13 atom stereocenters. The maximum Gasteiger partial charge on any atom is 0.186 e. The van der Waals surface area contributed by atoms with Gasteiger partial charge in [0, 0.05) is 5.41 Å². The predicted octanol–water partition coefficient (Wildman–Crippen LogP) is 5.52. The van der Waals surface area contributed by atoms with Crippen LogP contribution in [0, 0.1) is 45.3 Å². The van der Waals surface area contributed by atoms with E-state index < -0.39 is 48.8 Å². The number of hydrogen-bond donors (Lipinski definition) is 5. The van der Waals surface area contributed by atoms with Crippen molar-refractivity contribution in [3.63, 3.8) is 0 Å². The molecule has 13 unspecified atom stereocenters. The molecule has 2 saturated carbocycles. The summed E-state index contributed by atoms with van der Waals surface area (Å²) in [6.07, 6.45) is 3.96. The molecule has 1 heterocycles. The Bertz CT molecular complexity index is 1100. The van der Waals surface area contributed by atoms with Crippen LogP contribution in [0.2, 0.25) is 0 Å². The summed E-state index contributed by atoms with van der Waals surface area (Å²) >= 11 is 0. The van der Waals surface area contributed by atoms with E-state index in [-0.39, 0.29) is 28.8 Å². The molecule has 1 saturated heterocycles. The Morgan fingerprint density at radius 3 is 2.25 bits per heavy atom. The molecular formula is C37H62O7. The van der Waals surface area contributed by atoms with Gasteiger partial charge < -0.3 is 35.0 Å². The summed E-state index contributed by atoms with van der Waals surface area (Å²) in [6, 6.07) is 0. The molecule has 7 nitrogen and oxygen atoms in total.